The van der Waals surface area contributed by atoms with Gasteiger partial charge in [0.05, 0.1) is 12.5 Å². The number of rotatable bonds is 5. The van der Waals surface area contributed by atoms with Crippen LogP contribution in [-0.4, -0.2) is 32.1 Å². The molecule has 2 N–H and O–H groups in total. The smallest absolute Gasteiger partial charge is 0.234 e. The van der Waals surface area contributed by atoms with E-state index in [0.717, 1.165) is 33.6 Å². The Balaban J connectivity index is 1.88. The van der Waals surface area contributed by atoms with Gasteiger partial charge in [0, 0.05) is 42.6 Å². The van der Waals surface area contributed by atoms with Crippen LogP contribution < -0.4 is 15.0 Å². The molecule has 0 fully saturated rings. The van der Waals surface area contributed by atoms with Crippen molar-refractivity contribution in [3.63, 3.8) is 0 Å². The van der Waals surface area contributed by atoms with Crippen LogP contribution in [0.15, 0.2) is 48.7 Å². The lowest BCUT2D eigenvalue weighted by Gasteiger charge is -2.24. The quantitative estimate of drug-likeness (QED) is 0.726. The number of benzene rings is 2. The normalized spacial score (nSPS) is 11.4. The number of fused-ring (bicyclic) bond motifs is 1. The lowest BCUT2D eigenvalue weighted by atomic mass is 9.83. The molecule has 0 radical (unpaired) electrons. The van der Waals surface area contributed by atoms with Crippen molar-refractivity contribution >= 4 is 28.2 Å². The minimum absolute atomic E-state index is 0.0566. The Hall–Kier alpha value is -2.95. The van der Waals surface area contributed by atoms with Crippen molar-refractivity contribution < 1.29 is 9.53 Å². The summed E-state index contributed by atoms with van der Waals surface area (Å²) in [5.74, 6) is 0.715. The SMILES string of the molecule is COc1ccc2[nH]cc(C(C)(C)C(=O)Nc3ccc(N(C)C)cc3)c2c1. The lowest BCUT2D eigenvalue weighted by Crippen LogP contribution is -2.34. The molecular formula is C21H25N3O2. The maximum Gasteiger partial charge on any atom is 0.234 e. The summed E-state index contributed by atoms with van der Waals surface area (Å²) in [6.45, 7) is 3.86. The van der Waals surface area contributed by atoms with E-state index in [4.69, 9.17) is 4.74 Å². The molecule has 0 unspecified atom stereocenters. The van der Waals surface area contributed by atoms with E-state index in [1.807, 2.05) is 81.5 Å². The first kappa shape index (κ1) is 17.9. The van der Waals surface area contributed by atoms with Gasteiger partial charge in [0.15, 0.2) is 0 Å². The van der Waals surface area contributed by atoms with Gasteiger partial charge in [-0.3, -0.25) is 4.79 Å². The van der Waals surface area contributed by atoms with Crippen molar-refractivity contribution in [1.29, 1.82) is 0 Å². The van der Waals surface area contributed by atoms with Gasteiger partial charge in [-0.05, 0) is 61.9 Å². The van der Waals surface area contributed by atoms with Gasteiger partial charge in [0.1, 0.15) is 5.75 Å². The minimum atomic E-state index is -0.704. The summed E-state index contributed by atoms with van der Waals surface area (Å²) in [4.78, 5) is 18.2. The zero-order valence-electron chi connectivity index (χ0n) is 15.9. The summed E-state index contributed by atoms with van der Waals surface area (Å²) >= 11 is 0. The van der Waals surface area contributed by atoms with Gasteiger partial charge < -0.3 is 19.9 Å². The topological polar surface area (TPSA) is 57.4 Å². The second-order valence-corrected chi connectivity index (χ2v) is 7.13. The molecular weight excluding hydrogens is 326 g/mol. The Morgan fingerprint density at radius 3 is 2.42 bits per heavy atom. The molecule has 0 atom stereocenters. The summed E-state index contributed by atoms with van der Waals surface area (Å²) < 4.78 is 5.33. The fraction of sp³-hybridized carbons (Fsp3) is 0.286. The third kappa shape index (κ3) is 3.25. The van der Waals surface area contributed by atoms with Crippen LogP contribution in [0.25, 0.3) is 10.9 Å². The highest BCUT2D eigenvalue weighted by molar-refractivity contribution is 6.02. The van der Waals surface area contributed by atoms with Gasteiger partial charge in [-0.2, -0.15) is 0 Å². The van der Waals surface area contributed by atoms with Gasteiger partial charge in [-0.15, -0.1) is 0 Å². The molecule has 0 aliphatic heterocycles. The summed E-state index contributed by atoms with van der Waals surface area (Å²) in [6, 6.07) is 13.6. The third-order valence-corrected chi connectivity index (χ3v) is 4.77. The van der Waals surface area contributed by atoms with Gasteiger partial charge in [-0.25, -0.2) is 0 Å². The molecule has 136 valence electrons. The first-order chi connectivity index (χ1) is 12.3. The van der Waals surface area contributed by atoms with Gasteiger partial charge in [-0.1, -0.05) is 0 Å². The number of amides is 1. The van der Waals surface area contributed by atoms with Crippen LogP contribution in [0.4, 0.5) is 11.4 Å². The molecule has 0 aliphatic rings. The number of hydrogen-bond acceptors (Lipinski definition) is 3. The van der Waals surface area contributed by atoms with Crippen LogP contribution in [-0.2, 0) is 10.2 Å². The number of carbonyl (C=O) groups is 1. The first-order valence-corrected chi connectivity index (χ1v) is 8.57. The van der Waals surface area contributed by atoms with E-state index < -0.39 is 5.41 Å². The second-order valence-electron chi connectivity index (χ2n) is 7.13. The van der Waals surface area contributed by atoms with Crippen molar-refractivity contribution in [1.82, 2.24) is 4.98 Å². The van der Waals surface area contributed by atoms with E-state index in [2.05, 4.69) is 10.3 Å². The van der Waals surface area contributed by atoms with Gasteiger partial charge in [0.25, 0.3) is 0 Å². The van der Waals surface area contributed by atoms with E-state index in [9.17, 15) is 4.79 Å². The average molecular weight is 351 g/mol. The van der Waals surface area contributed by atoms with E-state index >= 15 is 0 Å². The minimum Gasteiger partial charge on any atom is -0.497 e. The number of anilines is 2. The van der Waals surface area contributed by atoms with Crippen LogP contribution in [0, 0.1) is 0 Å². The molecule has 3 aromatic rings. The lowest BCUT2D eigenvalue weighted by molar-refractivity contribution is -0.120. The number of aromatic amines is 1. The van der Waals surface area contributed by atoms with Crippen molar-refractivity contribution in [3.05, 3.63) is 54.2 Å². The van der Waals surface area contributed by atoms with Crippen molar-refractivity contribution in [3.8, 4) is 5.75 Å². The Morgan fingerprint density at radius 1 is 1.12 bits per heavy atom. The van der Waals surface area contributed by atoms with Crippen molar-refractivity contribution in [2.45, 2.75) is 19.3 Å². The number of ether oxygens (including phenoxy) is 1. The largest absolute Gasteiger partial charge is 0.497 e. The standard InChI is InChI=1S/C21H25N3O2/c1-21(2,18-13-22-19-11-10-16(26-5)12-17(18)19)20(25)23-14-6-8-15(9-7-14)24(3)4/h6-13,22H,1-5H3,(H,23,25). The number of nitrogens with zero attached hydrogens (tertiary/aromatic N) is 1. The predicted molar refractivity (Wildman–Crippen MR) is 107 cm³/mol. The molecule has 0 bridgehead atoms. The second kappa shape index (κ2) is 6.75. The number of H-pyrrole nitrogens is 1. The Labute approximate surface area is 154 Å². The molecule has 0 saturated carbocycles. The molecule has 26 heavy (non-hydrogen) atoms. The fourth-order valence-corrected chi connectivity index (χ4v) is 3.00. The molecule has 1 heterocycles. The number of carbonyl (C=O) groups excluding carboxylic acids is 1. The molecule has 3 rings (SSSR count). The zero-order valence-corrected chi connectivity index (χ0v) is 15.9. The number of aromatic nitrogens is 1. The first-order valence-electron chi connectivity index (χ1n) is 8.57. The number of hydrogen-bond donors (Lipinski definition) is 2. The third-order valence-electron chi connectivity index (χ3n) is 4.77. The van der Waals surface area contributed by atoms with E-state index in [1.54, 1.807) is 7.11 Å². The Morgan fingerprint density at radius 2 is 1.81 bits per heavy atom. The molecule has 0 saturated heterocycles. The monoisotopic (exact) mass is 351 g/mol. The van der Waals surface area contributed by atoms with Gasteiger partial charge >= 0.3 is 0 Å². The zero-order chi connectivity index (χ0) is 18.9. The summed E-state index contributed by atoms with van der Waals surface area (Å²) in [7, 11) is 5.62. The molecule has 0 spiro atoms. The van der Waals surface area contributed by atoms with Gasteiger partial charge in [0.2, 0.25) is 5.91 Å². The molecule has 2 aromatic carbocycles. The molecule has 1 amide bonds. The summed E-state index contributed by atoms with van der Waals surface area (Å²) in [5.41, 5.74) is 3.09. The highest BCUT2D eigenvalue weighted by Crippen LogP contribution is 2.33. The fourth-order valence-electron chi connectivity index (χ4n) is 3.00. The average Bonchev–Trinajstić information content (AvgIpc) is 3.05. The maximum absolute atomic E-state index is 13.0. The predicted octanol–water partition coefficient (Wildman–Crippen LogP) is 4.16. The molecule has 5 nitrogen and oxygen atoms in total. The number of methoxy groups -OCH3 is 1. The van der Waals surface area contributed by atoms with Crippen molar-refractivity contribution in [2.75, 3.05) is 31.4 Å². The highest BCUT2D eigenvalue weighted by Gasteiger charge is 2.32. The highest BCUT2D eigenvalue weighted by atomic mass is 16.5. The Kier molecular flexibility index (Phi) is 4.64. The van der Waals surface area contributed by atoms with Crippen molar-refractivity contribution in [2.24, 2.45) is 0 Å². The van der Waals surface area contributed by atoms with Crippen LogP contribution >= 0.6 is 0 Å². The molecule has 5 heteroatoms. The summed E-state index contributed by atoms with van der Waals surface area (Å²) in [5, 5.41) is 4.02. The van der Waals surface area contributed by atoms with Crippen LogP contribution in [0.2, 0.25) is 0 Å². The van der Waals surface area contributed by atoms with E-state index in [0.29, 0.717) is 0 Å². The van der Waals surface area contributed by atoms with Crippen LogP contribution in [0.5, 0.6) is 5.75 Å². The number of nitrogens with one attached hydrogen (secondary N) is 2. The van der Waals surface area contributed by atoms with Crippen LogP contribution in [0.1, 0.15) is 19.4 Å². The van der Waals surface area contributed by atoms with E-state index in [1.165, 1.54) is 0 Å². The molecule has 1 aromatic heterocycles. The Bertz CT molecular complexity index is 924. The van der Waals surface area contributed by atoms with Crippen LogP contribution in [0.3, 0.4) is 0 Å². The van der Waals surface area contributed by atoms with E-state index in [-0.39, 0.29) is 5.91 Å². The summed E-state index contributed by atoms with van der Waals surface area (Å²) in [6.07, 6.45) is 1.90. The maximum atomic E-state index is 13.0. The molecule has 0 aliphatic carbocycles.